The Labute approximate surface area is 225 Å². The number of anilines is 1. The van der Waals surface area contributed by atoms with Crippen molar-refractivity contribution in [1.29, 1.82) is 0 Å². The highest BCUT2D eigenvalue weighted by Gasteiger charge is 2.27. The number of hydrogen-bond donors (Lipinski definition) is 1. The molecular weight excluding hydrogens is 530 g/mol. The number of rotatable bonds is 9. The molecule has 10 nitrogen and oxygen atoms in total. The van der Waals surface area contributed by atoms with Gasteiger partial charge in [0.1, 0.15) is 17.1 Å². The van der Waals surface area contributed by atoms with Gasteiger partial charge >= 0.3 is 5.97 Å². The van der Waals surface area contributed by atoms with E-state index in [-0.39, 0.29) is 16.2 Å². The number of thiazole rings is 1. The molecule has 1 saturated heterocycles. The molecule has 1 amide bonds. The Balaban J connectivity index is 1.40. The summed E-state index contributed by atoms with van der Waals surface area (Å²) in [6.07, 6.45) is 3.55. The van der Waals surface area contributed by atoms with Gasteiger partial charge in [-0.05, 0) is 55.3 Å². The Morgan fingerprint density at radius 2 is 1.71 bits per heavy atom. The van der Waals surface area contributed by atoms with E-state index >= 15 is 0 Å². The van der Waals surface area contributed by atoms with Crippen LogP contribution in [0.2, 0.25) is 0 Å². The van der Waals surface area contributed by atoms with Crippen molar-refractivity contribution in [1.82, 2.24) is 9.29 Å². The normalized spacial score (nSPS) is 14.4. The first-order valence-electron chi connectivity index (χ1n) is 12.1. The Kier molecular flexibility index (Phi) is 8.97. The first-order valence-corrected chi connectivity index (χ1v) is 14.4. The molecule has 2 heterocycles. The Morgan fingerprint density at radius 3 is 2.37 bits per heavy atom. The fourth-order valence-electron chi connectivity index (χ4n) is 4.03. The van der Waals surface area contributed by atoms with E-state index < -0.39 is 28.5 Å². The lowest BCUT2D eigenvalue weighted by molar-refractivity contribution is -0.119. The van der Waals surface area contributed by atoms with Crippen LogP contribution in [-0.2, 0) is 19.6 Å². The average molecular weight is 560 g/mol. The number of sulfonamides is 1. The molecule has 0 spiro atoms. The molecule has 1 aliphatic rings. The van der Waals surface area contributed by atoms with Crippen molar-refractivity contribution in [2.45, 2.75) is 30.6 Å². The summed E-state index contributed by atoms with van der Waals surface area (Å²) < 4.78 is 43.4. The Morgan fingerprint density at radius 1 is 1.00 bits per heavy atom. The summed E-state index contributed by atoms with van der Waals surface area (Å²) in [5.41, 5.74) is 1.46. The zero-order valence-corrected chi connectivity index (χ0v) is 22.8. The number of nitrogens with one attached hydrogen (secondary N) is 1. The van der Waals surface area contributed by atoms with Crippen LogP contribution in [0, 0.1) is 0 Å². The van der Waals surface area contributed by atoms with Crippen molar-refractivity contribution in [3.63, 3.8) is 0 Å². The van der Waals surface area contributed by atoms with Crippen LogP contribution < -0.4 is 14.8 Å². The van der Waals surface area contributed by atoms with Crippen molar-refractivity contribution >= 4 is 38.4 Å². The number of benzene rings is 2. The van der Waals surface area contributed by atoms with Gasteiger partial charge in [-0.25, -0.2) is 18.2 Å². The van der Waals surface area contributed by atoms with Gasteiger partial charge in [-0.3, -0.25) is 10.1 Å². The zero-order valence-electron chi connectivity index (χ0n) is 21.1. The minimum Gasteiger partial charge on any atom is -0.497 e. The molecule has 1 N–H and O–H groups in total. The Bertz CT molecular complexity index is 1380. The van der Waals surface area contributed by atoms with E-state index in [1.165, 1.54) is 41.0 Å². The van der Waals surface area contributed by atoms with Gasteiger partial charge in [-0.1, -0.05) is 12.8 Å². The number of hydrogen-bond acceptors (Lipinski definition) is 9. The van der Waals surface area contributed by atoms with Crippen molar-refractivity contribution < 1.29 is 32.2 Å². The van der Waals surface area contributed by atoms with E-state index in [1.807, 2.05) is 24.3 Å². The smallest absolute Gasteiger partial charge is 0.342 e. The lowest BCUT2D eigenvalue weighted by Gasteiger charge is -2.20. The van der Waals surface area contributed by atoms with Crippen LogP contribution in [-0.4, -0.2) is 63.5 Å². The first-order chi connectivity index (χ1) is 18.3. The van der Waals surface area contributed by atoms with Crippen LogP contribution in [0.5, 0.6) is 11.5 Å². The molecule has 12 heteroatoms. The second-order valence-electron chi connectivity index (χ2n) is 8.57. The number of aromatic nitrogens is 1. The fourth-order valence-corrected chi connectivity index (χ4v) is 6.31. The highest BCUT2D eigenvalue weighted by Crippen LogP contribution is 2.28. The summed E-state index contributed by atoms with van der Waals surface area (Å²) in [4.78, 5) is 29.6. The van der Waals surface area contributed by atoms with E-state index in [1.54, 1.807) is 12.5 Å². The van der Waals surface area contributed by atoms with Crippen LogP contribution in [0.15, 0.2) is 52.7 Å². The molecular formula is C26H29N3O7S2. The summed E-state index contributed by atoms with van der Waals surface area (Å²) in [5, 5.41) is 4.75. The van der Waals surface area contributed by atoms with E-state index in [0.29, 0.717) is 23.9 Å². The van der Waals surface area contributed by atoms with Gasteiger partial charge in [0.05, 0.1) is 24.8 Å². The summed E-state index contributed by atoms with van der Waals surface area (Å²) in [6.45, 7) is 0.291. The number of nitrogens with zero attached hydrogens (tertiary/aromatic N) is 2. The molecule has 1 aromatic heterocycles. The number of amides is 1. The summed E-state index contributed by atoms with van der Waals surface area (Å²) >= 11 is 1.23. The summed E-state index contributed by atoms with van der Waals surface area (Å²) in [6, 6.07) is 11.4. The maximum absolute atomic E-state index is 13.2. The van der Waals surface area contributed by atoms with Crippen molar-refractivity contribution in [3.8, 4) is 22.8 Å². The van der Waals surface area contributed by atoms with Crippen LogP contribution in [0.3, 0.4) is 0 Å². The highest BCUT2D eigenvalue weighted by molar-refractivity contribution is 7.89. The van der Waals surface area contributed by atoms with E-state index in [0.717, 1.165) is 37.0 Å². The van der Waals surface area contributed by atoms with Gasteiger partial charge in [0.2, 0.25) is 10.0 Å². The number of carbonyl (C=O) groups is 2. The standard InChI is InChI=1S/C26H29N3O7S2/c1-34-19-9-7-18(8-10-19)22-17-37-26(27-22)28-24(30)16-36-25(31)21-15-20(11-12-23(21)35-2)38(32,33)29-13-5-3-4-6-14-29/h7-12,15,17H,3-6,13-14,16H2,1-2H3,(H,27,28,30). The zero-order chi connectivity index (χ0) is 27.1. The average Bonchev–Trinajstić information content (AvgIpc) is 3.21. The molecule has 0 unspecified atom stereocenters. The molecule has 0 radical (unpaired) electrons. The summed E-state index contributed by atoms with van der Waals surface area (Å²) in [5.74, 6) is -0.584. The van der Waals surface area contributed by atoms with Crippen molar-refractivity contribution in [2.75, 3.05) is 39.2 Å². The van der Waals surface area contributed by atoms with E-state index in [2.05, 4.69) is 10.3 Å². The second-order valence-corrected chi connectivity index (χ2v) is 11.4. The summed E-state index contributed by atoms with van der Waals surface area (Å²) in [7, 11) is -0.833. The molecule has 0 bridgehead atoms. The monoisotopic (exact) mass is 559 g/mol. The molecule has 38 heavy (non-hydrogen) atoms. The van der Waals surface area contributed by atoms with Crippen LogP contribution in [0.4, 0.5) is 5.13 Å². The van der Waals surface area contributed by atoms with Gasteiger partial charge < -0.3 is 14.2 Å². The molecule has 202 valence electrons. The molecule has 1 aliphatic heterocycles. The second kappa shape index (κ2) is 12.4. The SMILES string of the molecule is COc1ccc(-c2csc(NC(=O)COC(=O)c3cc(S(=O)(=O)N4CCCCCC4)ccc3OC)n2)cc1. The number of esters is 1. The number of carbonyl (C=O) groups excluding carboxylic acids is 2. The number of methoxy groups -OCH3 is 2. The van der Waals surface area contributed by atoms with Gasteiger partial charge in [-0.15, -0.1) is 11.3 Å². The largest absolute Gasteiger partial charge is 0.497 e. The molecule has 1 fully saturated rings. The first kappa shape index (κ1) is 27.6. The predicted molar refractivity (Wildman–Crippen MR) is 143 cm³/mol. The third kappa shape index (κ3) is 6.50. The van der Waals surface area contributed by atoms with Gasteiger partial charge in [0.15, 0.2) is 11.7 Å². The fraction of sp³-hybridized carbons (Fsp3) is 0.346. The Hall–Kier alpha value is -3.48. The quantitative estimate of drug-likeness (QED) is 0.387. The molecule has 4 rings (SSSR count). The lowest BCUT2D eigenvalue weighted by atomic mass is 10.2. The van der Waals surface area contributed by atoms with Gasteiger partial charge in [0, 0.05) is 24.0 Å². The topological polar surface area (TPSA) is 124 Å². The number of ether oxygens (including phenoxy) is 3. The predicted octanol–water partition coefficient (Wildman–Crippen LogP) is 4.19. The molecule has 3 aromatic rings. The molecule has 0 aliphatic carbocycles. The van der Waals surface area contributed by atoms with Gasteiger partial charge in [0.25, 0.3) is 5.91 Å². The maximum atomic E-state index is 13.2. The van der Waals surface area contributed by atoms with Crippen LogP contribution in [0.1, 0.15) is 36.0 Å². The third-order valence-electron chi connectivity index (χ3n) is 6.06. The lowest BCUT2D eigenvalue weighted by Crippen LogP contribution is -2.32. The maximum Gasteiger partial charge on any atom is 0.342 e. The minimum atomic E-state index is -3.79. The van der Waals surface area contributed by atoms with E-state index in [9.17, 15) is 18.0 Å². The minimum absolute atomic E-state index is 0.0227. The van der Waals surface area contributed by atoms with Gasteiger partial charge in [-0.2, -0.15) is 4.31 Å². The highest BCUT2D eigenvalue weighted by atomic mass is 32.2. The van der Waals surface area contributed by atoms with Crippen molar-refractivity contribution in [3.05, 3.63) is 53.4 Å². The molecule has 0 saturated carbocycles. The molecule has 2 aromatic carbocycles. The van der Waals surface area contributed by atoms with Crippen molar-refractivity contribution in [2.24, 2.45) is 0 Å². The molecule has 0 atom stereocenters. The van der Waals surface area contributed by atoms with E-state index in [4.69, 9.17) is 14.2 Å². The van der Waals surface area contributed by atoms with Crippen LogP contribution in [0.25, 0.3) is 11.3 Å². The third-order valence-corrected chi connectivity index (χ3v) is 8.72. The van der Waals surface area contributed by atoms with Crippen LogP contribution >= 0.6 is 11.3 Å².